The maximum absolute atomic E-state index is 13.6. The Kier molecular flexibility index (Phi) is 8.33. The zero-order valence-corrected chi connectivity index (χ0v) is 26.3. The van der Waals surface area contributed by atoms with E-state index in [1.807, 2.05) is 95.7 Å². The predicted molar refractivity (Wildman–Crippen MR) is 178 cm³/mol. The van der Waals surface area contributed by atoms with Crippen molar-refractivity contribution in [2.45, 2.75) is 31.7 Å². The van der Waals surface area contributed by atoms with E-state index in [2.05, 4.69) is 15.0 Å². The van der Waals surface area contributed by atoms with Gasteiger partial charge in [0.2, 0.25) is 5.95 Å². The number of benzene rings is 4. The fraction of sp³-hybridized carbons (Fsp3) is 0.158. The number of anilines is 2. The number of esters is 1. The third-order valence-corrected chi connectivity index (χ3v) is 8.42. The number of carbonyl (C=O) groups excluding carboxylic acids is 1. The summed E-state index contributed by atoms with van der Waals surface area (Å²) in [5.74, 6) is -0.660. The molecule has 0 amide bonds. The van der Waals surface area contributed by atoms with E-state index in [-0.39, 0.29) is 24.0 Å². The molecule has 7 rings (SSSR count). The molecule has 0 unspecified atom stereocenters. The van der Waals surface area contributed by atoms with E-state index >= 15 is 0 Å². The van der Waals surface area contributed by atoms with E-state index in [0.29, 0.717) is 35.5 Å². The Morgan fingerprint density at radius 2 is 1.39 bits per heavy atom. The zero-order chi connectivity index (χ0) is 34.0. The number of hydrogen-bond acceptors (Lipinski definition) is 7. The Hall–Kier alpha value is -5.97. The van der Waals surface area contributed by atoms with Gasteiger partial charge in [0.1, 0.15) is 11.3 Å². The summed E-state index contributed by atoms with van der Waals surface area (Å²) < 4.78 is 49.6. The minimum absolute atomic E-state index is 0.182. The van der Waals surface area contributed by atoms with Gasteiger partial charge in [-0.25, -0.2) is 19.4 Å². The van der Waals surface area contributed by atoms with Gasteiger partial charge in [-0.2, -0.15) is 5.10 Å². The normalized spacial score (nSPS) is 12.5. The van der Waals surface area contributed by atoms with Crippen LogP contribution in [-0.2, 0) is 23.1 Å². The highest BCUT2D eigenvalue weighted by Crippen LogP contribution is 2.46. The lowest BCUT2D eigenvalue weighted by Crippen LogP contribution is -2.39. The second-order valence-electron chi connectivity index (χ2n) is 11.4. The van der Waals surface area contributed by atoms with Gasteiger partial charge in [0.05, 0.1) is 18.0 Å². The van der Waals surface area contributed by atoms with Crippen LogP contribution in [0.25, 0.3) is 11.4 Å². The Bertz CT molecular complexity index is 1990. The van der Waals surface area contributed by atoms with Crippen molar-refractivity contribution in [2.24, 2.45) is 0 Å². The molecule has 4 aromatic carbocycles. The van der Waals surface area contributed by atoms with Crippen LogP contribution in [0.4, 0.5) is 24.8 Å². The number of carbonyl (C=O) groups is 1. The van der Waals surface area contributed by atoms with Gasteiger partial charge >= 0.3 is 12.3 Å². The summed E-state index contributed by atoms with van der Waals surface area (Å²) in [6.07, 6.45) is -2.01. The lowest BCUT2D eigenvalue weighted by atomic mass is 9.76. The van der Waals surface area contributed by atoms with Gasteiger partial charge in [0.25, 0.3) is 0 Å². The molecule has 0 saturated carbocycles. The maximum Gasteiger partial charge on any atom is 0.573 e. The first kappa shape index (κ1) is 31.6. The lowest BCUT2D eigenvalue weighted by molar-refractivity contribution is -0.274. The molecule has 0 radical (unpaired) electrons. The minimum atomic E-state index is -4.80. The molecule has 0 bridgehead atoms. The van der Waals surface area contributed by atoms with Crippen LogP contribution in [0, 0.1) is 0 Å². The number of aromatic nitrogens is 4. The highest BCUT2D eigenvalue weighted by molar-refractivity contribution is 5.92. The van der Waals surface area contributed by atoms with Crippen molar-refractivity contribution < 1.29 is 27.4 Å². The summed E-state index contributed by atoms with van der Waals surface area (Å²) in [7, 11) is 0. The second-order valence-corrected chi connectivity index (χ2v) is 11.4. The van der Waals surface area contributed by atoms with Crippen LogP contribution in [0.3, 0.4) is 0 Å². The summed E-state index contributed by atoms with van der Waals surface area (Å²) in [6, 6.07) is 35.3. The molecule has 0 saturated heterocycles. The summed E-state index contributed by atoms with van der Waals surface area (Å²) in [4.78, 5) is 23.1. The predicted octanol–water partition coefficient (Wildman–Crippen LogP) is 8.10. The largest absolute Gasteiger partial charge is 0.573 e. The van der Waals surface area contributed by atoms with E-state index in [4.69, 9.17) is 14.8 Å². The zero-order valence-electron chi connectivity index (χ0n) is 26.3. The van der Waals surface area contributed by atoms with Gasteiger partial charge in [-0.05, 0) is 66.3 Å². The molecule has 1 aliphatic carbocycles. The first-order valence-electron chi connectivity index (χ1n) is 15.7. The number of nitrogens with zero attached hydrogens (tertiary/aromatic N) is 4. The van der Waals surface area contributed by atoms with Gasteiger partial charge in [-0.3, -0.25) is 0 Å². The molecule has 49 heavy (non-hydrogen) atoms. The molecule has 0 fully saturated rings. The van der Waals surface area contributed by atoms with Crippen LogP contribution < -0.4 is 10.1 Å². The van der Waals surface area contributed by atoms with Crippen LogP contribution in [0.5, 0.6) is 5.75 Å². The monoisotopic (exact) mass is 661 g/mol. The van der Waals surface area contributed by atoms with Gasteiger partial charge in [0.15, 0.2) is 5.69 Å². The molecule has 2 heterocycles. The molecule has 1 N–H and O–H groups in total. The van der Waals surface area contributed by atoms with E-state index < -0.39 is 17.9 Å². The third-order valence-electron chi connectivity index (χ3n) is 8.42. The number of ether oxygens (including phenoxy) is 2. The van der Waals surface area contributed by atoms with Crippen molar-refractivity contribution in [1.29, 1.82) is 0 Å². The Labute approximate surface area is 280 Å². The van der Waals surface area contributed by atoms with E-state index in [9.17, 15) is 18.0 Å². The van der Waals surface area contributed by atoms with Crippen molar-refractivity contribution in [1.82, 2.24) is 19.7 Å². The number of halogens is 3. The summed E-state index contributed by atoms with van der Waals surface area (Å²) >= 11 is 0. The average Bonchev–Trinajstić information content (AvgIpc) is 3.51. The third kappa shape index (κ3) is 5.99. The molecule has 0 atom stereocenters. The average molecular weight is 662 g/mol. The smallest absolute Gasteiger partial charge is 0.461 e. The maximum atomic E-state index is 13.6. The van der Waals surface area contributed by atoms with E-state index in [0.717, 1.165) is 22.3 Å². The summed E-state index contributed by atoms with van der Waals surface area (Å²) in [5, 5.41) is 8.22. The molecule has 1 aliphatic rings. The van der Waals surface area contributed by atoms with E-state index in [1.165, 1.54) is 24.3 Å². The summed E-state index contributed by atoms with van der Waals surface area (Å²) in [5.41, 5.74) is 5.12. The van der Waals surface area contributed by atoms with Crippen molar-refractivity contribution >= 4 is 17.6 Å². The van der Waals surface area contributed by atoms with Gasteiger partial charge in [-0.15, -0.1) is 13.2 Å². The van der Waals surface area contributed by atoms with Crippen LogP contribution >= 0.6 is 0 Å². The Balaban J connectivity index is 1.46. The molecule has 0 aliphatic heterocycles. The highest BCUT2D eigenvalue weighted by atomic mass is 19.4. The van der Waals surface area contributed by atoms with Crippen LogP contribution in [0.2, 0.25) is 0 Å². The molecular weight excluding hydrogens is 631 g/mol. The number of alkyl halides is 3. The fourth-order valence-electron chi connectivity index (χ4n) is 6.43. The van der Waals surface area contributed by atoms with Gasteiger partial charge < -0.3 is 14.8 Å². The molecular formula is C38H30F3N5O3. The van der Waals surface area contributed by atoms with Crippen molar-refractivity contribution in [3.63, 3.8) is 0 Å². The number of rotatable bonds is 9. The van der Waals surface area contributed by atoms with Gasteiger partial charge in [-0.1, -0.05) is 91.0 Å². The number of nitrogens with one attached hydrogen (secondary N) is 1. The molecule has 2 aromatic heterocycles. The van der Waals surface area contributed by atoms with Crippen LogP contribution in [0.1, 0.15) is 45.2 Å². The van der Waals surface area contributed by atoms with Crippen LogP contribution in [-0.4, -0.2) is 38.7 Å². The molecule has 6 aromatic rings. The lowest BCUT2D eigenvalue weighted by Gasteiger charge is -2.38. The van der Waals surface area contributed by atoms with Crippen molar-refractivity contribution in [3.8, 4) is 17.1 Å². The fourth-order valence-corrected chi connectivity index (χ4v) is 6.43. The molecule has 246 valence electrons. The standard InChI is InChI=1S/C38H30F3N5O3/c1-2-48-35(47)33-31-23-18-25-24-42-36(43-29-19-21-30(22-20-29)49-38(39,40)41)44-32(25)34(31)46(45-33)37(26-12-6-3-7-13-26,27-14-8-4-9-15-27)28-16-10-5-11-17-28/h3-17,19-22,24H,2,18,23H2,1H3,(H,42,43,44). The summed E-state index contributed by atoms with van der Waals surface area (Å²) in [6.45, 7) is 1.94. The van der Waals surface area contributed by atoms with Crippen molar-refractivity contribution in [3.05, 3.63) is 155 Å². The quantitative estimate of drug-likeness (QED) is 0.124. The molecule has 0 spiro atoms. The van der Waals surface area contributed by atoms with Gasteiger partial charge in [0, 0.05) is 17.4 Å². The topological polar surface area (TPSA) is 91.2 Å². The minimum Gasteiger partial charge on any atom is -0.461 e. The number of aryl methyl sites for hydroxylation is 1. The molecule has 8 nitrogen and oxygen atoms in total. The Morgan fingerprint density at radius 1 is 0.816 bits per heavy atom. The second kappa shape index (κ2) is 12.9. The Morgan fingerprint density at radius 3 is 1.92 bits per heavy atom. The first-order valence-corrected chi connectivity index (χ1v) is 15.7. The number of hydrogen-bond donors (Lipinski definition) is 1. The van der Waals surface area contributed by atoms with Crippen LogP contribution in [0.15, 0.2) is 121 Å². The highest BCUT2D eigenvalue weighted by Gasteiger charge is 2.44. The SMILES string of the molecule is CCOC(=O)c1nn(C(c2ccccc2)(c2ccccc2)c2ccccc2)c2c1CCc1cnc(Nc3ccc(OC(F)(F)F)cc3)nc1-2. The number of fused-ring (bicyclic) bond motifs is 3. The molecule has 11 heteroatoms. The van der Waals surface area contributed by atoms with Crippen molar-refractivity contribution in [2.75, 3.05) is 11.9 Å². The van der Waals surface area contributed by atoms with E-state index in [1.54, 1.807) is 13.1 Å². The first-order chi connectivity index (χ1) is 23.8.